The third-order valence-corrected chi connectivity index (χ3v) is 6.70. The third kappa shape index (κ3) is 4.26. The van der Waals surface area contributed by atoms with Crippen LogP contribution in [0.15, 0.2) is 45.7 Å². The largest absolute Gasteiger partial charge is 0.507 e. The number of halogens is 1. The van der Waals surface area contributed by atoms with Gasteiger partial charge in [0, 0.05) is 22.9 Å². The van der Waals surface area contributed by atoms with Crippen LogP contribution < -0.4 is 5.56 Å². The number of hydrogen-bond acceptors (Lipinski definition) is 10. The Hall–Kier alpha value is -3.55. The first-order valence-electron chi connectivity index (χ1n) is 8.62. The van der Waals surface area contributed by atoms with Gasteiger partial charge in [-0.2, -0.15) is 4.98 Å². The van der Waals surface area contributed by atoms with Gasteiger partial charge >= 0.3 is 5.97 Å². The fourth-order valence-corrected chi connectivity index (χ4v) is 4.99. The van der Waals surface area contributed by atoms with Crippen LogP contribution in [0.2, 0.25) is 5.02 Å². The predicted octanol–water partition coefficient (Wildman–Crippen LogP) is 3.49. The number of hydrogen-bond donors (Lipinski definition) is 2. The number of carboxylic acid groups (broad SMARTS) is 1. The Morgan fingerprint density at radius 1 is 1.31 bits per heavy atom. The molecule has 0 radical (unpaired) electrons. The standard InChI is InChI=1S/C18H10ClN5O6S2/c19-8-3-12-15(13(4-8)24(29)30)32-18(20-16(12)26)31-7-9-6-23(22-21-9)10-1-2-11(17(27)28)14(25)5-10/h1-6,25H,7H2,(H,27,28). The second-order valence-electron chi connectivity index (χ2n) is 6.29. The summed E-state index contributed by atoms with van der Waals surface area (Å²) in [5, 5.41) is 38.3. The number of aromatic hydroxyl groups is 1. The zero-order valence-electron chi connectivity index (χ0n) is 15.6. The van der Waals surface area contributed by atoms with Gasteiger partial charge in [-0.15, -0.1) is 16.4 Å². The Morgan fingerprint density at radius 2 is 2.09 bits per heavy atom. The minimum atomic E-state index is -1.26. The van der Waals surface area contributed by atoms with Gasteiger partial charge in [0.1, 0.15) is 16.0 Å². The Bertz CT molecular complexity index is 1450. The van der Waals surface area contributed by atoms with Crippen molar-refractivity contribution in [3.8, 4) is 11.4 Å². The van der Waals surface area contributed by atoms with Crippen molar-refractivity contribution in [3.05, 3.63) is 73.3 Å². The van der Waals surface area contributed by atoms with E-state index >= 15 is 0 Å². The lowest BCUT2D eigenvalue weighted by Crippen LogP contribution is -2.06. The van der Waals surface area contributed by atoms with Crippen LogP contribution in [-0.4, -0.2) is 41.1 Å². The van der Waals surface area contributed by atoms with Crippen LogP contribution in [-0.2, 0) is 5.75 Å². The number of carboxylic acids is 1. The summed E-state index contributed by atoms with van der Waals surface area (Å²) < 4.78 is 1.84. The van der Waals surface area contributed by atoms with Crippen molar-refractivity contribution in [2.24, 2.45) is 0 Å². The number of non-ortho nitro benzene ring substituents is 1. The molecule has 0 aliphatic rings. The van der Waals surface area contributed by atoms with Gasteiger partial charge in [-0.3, -0.25) is 14.9 Å². The van der Waals surface area contributed by atoms with E-state index in [0.717, 1.165) is 23.1 Å². The molecule has 4 aromatic rings. The summed E-state index contributed by atoms with van der Waals surface area (Å²) in [5.41, 5.74) is -0.225. The lowest BCUT2D eigenvalue weighted by Gasteiger charge is -2.03. The molecule has 2 aromatic heterocycles. The van der Waals surface area contributed by atoms with E-state index < -0.39 is 22.2 Å². The summed E-state index contributed by atoms with van der Waals surface area (Å²) >= 11 is 8.03. The van der Waals surface area contributed by atoms with Gasteiger partial charge in [0.15, 0.2) is 4.34 Å². The molecule has 0 atom stereocenters. The van der Waals surface area contributed by atoms with Crippen molar-refractivity contribution < 1.29 is 19.9 Å². The summed E-state index contributed by atoms with van der Waals surface area (Å²) in [5.74, 6) is -1.41. The number of rotatable bonds is 6. The molecule has 14 heteroatoms. The number of nitro benzene ring substituents is 1. The molecule has 0 amide bonds. The molecule has 11 nitrogen and oxygen atoms in total. The maximum atomic E-state index is 12.3. The van der Waals surface area contributed by atoms with Gasteiger partial charge in [0.2, 0.25) is 0 Å². The van der Waals surface area contributed by atoms with Crippen LogP contribution in [0.5, 0.6) is 5.75 Å². The average Bonchev–Trinajstić information content (AvgIpc) is 3.21. The highest BCUT2D eigenvalue weighted by Crippen LogP contribution is 2.35. The van der Waals surface area contributed by atoms with Crippen molar-refractivity contribution in [1.29, 1.82) is 0 Å². The number of nitrogens with zero attached hydrogens (tertiary/aromatic N) is 5. The number of fused-ring (bicyclic) bond motifs is 1. The predicted molar refractivity (Wildman–Crippen MR) is 117 cm³/mol. The topological polar surface area (TPSA) is 161 Å². The lowest BCUT2D eigenvalue weighted by molar-refractivity contribution is -0.382. The number of thioether (sulfide) groups is 1. The van der Waals surface area contributed by atoms with Crippen molar-refractivity contribution in [3.63, 3.8) is 0 Å². The molecule has 4 rings (SSSR count). The van der Waals surface area contributed by atoms with E-state index in [9.17, 15) is 24.8 Å². The normalized spacial score (nSPS) is 11.0. The maximum Gasteiger partial charge on any atom is 0.339 e. The second kappa shape index (κ2) is 8.53. The van der Waals surface area contributed by atoms with Crippen molar-refractivity contribution >= 4 is 56.4 Å². The van der Waals surface area contributed by atoms with E-state index in [-0.39, 0.29) is 32.1 Å². The van der Waals surface area contributed by atoms with Gasteiger partial charge < -0.3 is 10.2 Å². The van der Waals surface area contributed by atoms with E-state index in [1.807, 2.05) is 0 Å². The smallest absolute Gasteiger partial charge is 0.339 e. The Kier molecular flexibility index (Phi) is 5.78. The zero-order chi connectivity index (χ0) is 23.0. The molecular weight excluding hydrogens is 482 g/mol. The summed E-state index contributed by atoms with van der Waals surface area (Å²) in [4.78, 5) is 38.0. The highest BCUT2D eigenvalue weighted by molar-refractivity contribution is 8.00. The van der Waals surface area contributed by atoms with E-state index in [2.05, 4.69) is 15.3 Å². The fourth-order valence-electron chi connectivity index (χ4n) is 2.77. The molecule has 0 bridgehead atoms. The summed E-state index contributed by atoms with van der Waals surface area (Å²) in [6.07, 6.45) is 1.56. The van der Waals surface area contributed by atoms with Crippen LogP contribution in [0.4, 0.5) is 5.69 Å². The molecule has 0 fully saturated rings. The number of phenols is 1. The molecule has 2 heterocycles. The van der Waals surface area contributed by atoms with Gasteiger partial charge in [-0.25, -0.2) is 9.48 Å². The first-order chi connectivity index (χ1) is 15.2. The van der Waals surface area contributed by atoms with Crippen LogP contribution in [0.25, 0.3) is 15.8 Å². The number of benzene rings is 2. The minimum absolute atomic E-state index is 0.0779. The molecule has 162 valence electrons. The summed E-state index contributed by atoms with van der Waals surface area (Å²) in [6.45, 7) is 0. The molecular formula is C18H10ClN5O6S2. The molecule has 32 heavy (non-hydrogen) atoms. The van der Waals surface area contributed by atoms with Crippen molar-refractivity contribution in [2.45, 2.75) is 10.1 Å². The molecule has 0 spiro atoms. The maximum absolute atomic E-state index is 12.3. The summed E-state index contributed by atoms with van der Waals surface area (Å²) in [7, 11) is 0. The first-order valence-corrected chi connectivity index (χ1v) is 10.8. The Morgan fingerprint density at radius 3 is 2.78 bits per heavy atom. The van der Waals surface area contributed by atoms with E-state index in [1.54, 1.807) is 6.20 Å². The Labute approximate surface area is 191 Å². The molecule has 0 unspecified atom stereocenters. The molecule has 0 saturated heterocycles. The SMILES string of the molecule is O=C(O)c1ccc(-n2cc(CSc3nc(=O)c4cc(Cl)cc([N+](=O)[O-])c4s3)nn2)cc1O. The fraction of sp³-hybridized carbons (Fsp3) is 0.0556. The quantitative estimate of drug-likeness (QED) is 0.232. The van der Waals surface area contributed by atoms with Crippen LogP contribution in [0.1, 0.15) is 16.1 Å². The number of aromatic carboxylic acids is 1. The summed E-state index contributed by atoms with van der Waals surface area (Å²) in [6, 6.07) is 6.50. The number of carbonyl (C=O) groups is 1. The monoisotopic (exact) mass is 491 g/mol. The van der Waals surface area contributed by atoms with Gasteiger partial charge in [-0.1, -0.05) is 28.6 Å². The highest BCUT2D eigenvalue weighted by Gasteiger charge is 2.19. The minimum Gasteiger partial charge on any atom is -0.507 e. The van der Waals surface area contributed by atoms with Crippen molar-refractivity contribution in [2.75, 3.05) is 0 Å². The number of aromatic nitrogens is 4. The van der Waals surface area contributed by atoms with Gasteiger partial charge in [0.05, 0.1) is 27.9 Å². The first kappa shape index (κ1) is 21.7. The van der Waals surface area contributed by atoms with E-state index in [4.69, 9.17) is 16.7 Å². The number of nitro groups is 1. The van der Waals surface area contributed by atoms with E-state index in [1.165, 1.54) is 35.0 Å². The molecule has 2 aromatic carbocycles. The van der Waals surface area contributed by atoms with Crippen LogP contribution in [0.3, 0.4) is 0 Å². The van der Waals surface area contributed by atoms with Crippen molar-refractivity contribution in [1.82, 2.24) is 20.0 Å². The molecule has 2 N–H and O–H groups in total. The van der Waals surface area contributed by atoms with Crippen LogP contribution >= 0.6 is 34.7 Å². The van der Waals surface area contributed by atoms with E-state index in [0.29, 0.717) is 15.7 Å². The lowest BCUT2D eigenvalue weighted by atomic mass is 10.2. The third-order valence-electron chi connectivity index (χ3n) is 4.20. The Balaban J connectivity index is 1.58. The second-order valence-corrected chi connectivity index (χ2v) is 8.95. The van der Waals surface area contributed by atoms with Crippen LogP contribution in [0, 0.1) is 10.1 Å². The molecule has 0 saturated carbocycles. The van der Waals surface area contributed by atoms with Gasteiger partial charge in [-0.05, 0) is 18.2 Å². The molecule has 0 aliphatic carbocycles. The zero-order valence-corrected chi connectivity index (χ0v) is 18.0. The molecule has 0 aliphatic heterocycles. The van der Waals surface area contributed by atoms with Gasteiger partial charge in [0.25, 0.3) is 11.2 Å². The highest BCUT2D eigenvalue weighted by atomic mass is 35.5. The average molecular weight is 492 g/mol.